The Morgan fingerprint density at radius 2 is 1.93 bits per heavy atom. The van der Waals surface area contributed by atoms with Gasteiger partial charge in [-0.15, -0.1) is 11.8 Å². The van der Waals surface area contributed by atoms with Crippen molar-refractivity contribution < 1.29 is 18.3 Å². The second-order valence-electron chi connectivity index (χ2n) is 6.38. The Balaban J connectivity index is 1.85. The summed E-state index contributed by atoms with van der Waals surface area (Å²) in [7, 11) is -3.84. The van der Waals surface area contributed by atoms with Gasteiger partial charge in [0.05, 0.1) is 23.8 Å². The largest absolute Gasteiger partial charge is 0.493 e. The van der Waals surface area contributed by atoms with Gasteiger partial charge >= 0.3 is 0 Å². The number of nitrogens with zero attached hydrogens (tertiary/aromatic N) is 4. The van der Waals surface area contributed by atoms with E-state index in [4.69, 9.17) is 4.74 Å². The monoisotopic (exact) mass is 420 g/mol. The molecule has 1 aliphatic heterocycles. The minimum atomic E-state index is -3.84. The number of morpholine rings is 1. The van der Waals surface area contributed by atoms with Crippen molar-refractivity contribution in [3.05, 3.63) is 42.1 Å². The highest BCUT2D eigenvalue weighted by atomic mass is 32.2. The van der Waals surface area contributed by atoms with Crippen LogP contribution in [0.2, 0.25) is 0 Å². The van der Waals surface area contributed by atoms with E-state index < -0.39 is 9.84 Å². The van der Waals surface area contributed by atoms with E-state index in [1.165, 1.54) is 22.3 Å². The maximum atomic E-state index is 13.3. The van der Waals surface area contributed by atoms with Crippen LogP contribution in [0.3, 0.4) is 0 Å². The van der Waals surface area contributed by atoms with Crippen molar-refractivity contribution in [1.29, 1.82) is 0 Å². The summed E-state index contributed by atoms with van der Waals surface area (Å²) in [5, 5.41) is 15.0. The molecule has 0 amide bonds. The number of benzene rings is 1. The van der Waals surface area contributed by atoms with Gasteiger partial charge in [-0.3, -0.25) is 4.90 Å². The average Bonchev–Trinajstić information content (AvgIpc) is 3.09. The number of rotatable bonds is 5. The van der Waals surface area contributed by atoms with Crippen molar-refractivity contribution in [2.45, 2.75) is 21.4 Å². The van der Waals surface area contributed by atoms with E-state index in [1.54, 1.807) is 36.6 Å². The molecule has 2 aromatic heterocycles. The zero-order chi connectivity index (χ0) is 19.7. The normalized spacial score (nSPS) is 15.9. The third-order valence-electron chi connectivity index (χ3n) is 4.56. The minimum Gasteiger partial charge on any atom is -0.493 e. The van der Waals surface area contributed by atoms with Gasteiger partial charge in [-0.25, -0.2) is 13.4 Å². The molecule has 0 aliphatic carbocycles. The summed E-state index contributed by atoms with van der Waals surface area (Å²) in [5.41, 5.74) is 0.723. The molecule has 1 saturated heterocycles. The summed E-state index contributed by atoms with van der Waals surface area (Å²) in [6.45, 7) is 3.31. The summed E-state index contributed by atoms with van der Waals surface area (Å²) in [6, 6.07) is 9.71. The standard InChI is InChI=1S/C18H20N4O4S2/c1-27-18-16(28(24,25)14-5-3-2-4-6-14)17-19-13(11-15(23)22(17)20-18)12-21-7-9-26-10-8-21/h2-6,11,23H,7-10,12H2,1H3. The predicted octanol–water partition coefficient (Wildman–Crippen LogP) is 1.82. The van der Waals surface area contributed by atoms with Crippen molar-refractivity contribution in [3.8, 4) is 5.88 Å². The Bertz CT molecular complexity index is 1090. The number of thioether (sulfide) groups is 1. The Morgan fingerprint density at radius 1 is 1.21 bits per heavy atom. The van der Waals surface area contributed by atoms with Gasteiger partial charge in [0.2, 0.25) is 15.7 Å². The Morgan fingerprint density at radius 3 is 2.61 bits per heavy atom. The number of hydrogen-bond acceptors (Lipinski definition) is 8. The van der Waals surface area contributed by atoms with Crippen LogP contribution >= 0.6 is 11.8 Å². The summed E-state index contributed by atoms with van der Waals surface area (Å²) in [6.07, 6.45) is 1.75. The molecule has 148 valence electrons. The van der Waals surface area contributed by atoms with Gasteiger partial charge in [-0.1, -0.05) is 18.2 Å². The van der Waals surface area contributed by atoms with Crippen LogP contribution in [-0.2, 0) is 21.1 Å². The molecule has 3 aromatic rings. The quantitative estimate of drug-likeness (QED) is 0.625. The molecule has 1 aromatic carbocycles. The van der Waals surface area contributed by atoms with Crippen molar-refractivity contribution in [1.82, 2.24) is 19.5 Å². The number of hydrogen-bond donors (Lipinski definition) is 1. The number of sulfone groups is 1. The first-order valence-corrected chi connectivity index (χ1v) is 11.5. The highest BCUT2D eigenvalue weighted by molar-refractivity contribution is 7.99. The number of aromatic hydroxyl groups is 1. The molecular formula is C18H20N4O4S2. The van der Waals surface area contributed by atoms with Crippen LogP contribution in [0.15, 0.2) is 51.2 Å². The second-order valence-corrected chi connectivity index (χ2v) is 9.07. The van der Waals surface area contributed by atoms with Crippen LogP contribution in [0.5, 0.6) is 5.88 Å². The van der Waals surface area contributed by atoms with Crippen LogP contribution in [0.1, 0.15) is 5.69 Å². The fraction of sp³-hybridized carbons (Fsp3) is 0.333. The maximum absolute atomic E-state index is 13.3. The van der Waals surface area contributed by atoms with E-state index in [-0.39, 0.29) is 21.3 Å². The van der Waals surface area contributed by atoms with E-state index in [0.717, 1.165) is 13.1 Å². The SMILES string of the molecule is CSc1nn2c(O)cc(CN3CCOCC3)nc2c1S(=O)(=O)c1ccccc1. The molecule has 1 aliphatic rings. The molecule has 10 heteroatoms. The van der Waals surface area contributed by atoms with E-state index >= 15 is 0 Å². The zero-order valence-electron chi connectivity index (χ0n) is 15.3. The predicted molar refractivity (Wildman–Crippen MR) is 104 cm³/mol. The van der Waals surface area contributed by atoms with Crippen molar-refractivity contribution in [3.63, 3.8) is 0 Å². The molecule has 3 heterocycles. The lowest BCUT2D eigenvalue weighted by molar-refractivity contribution is 0.0336. The van der Waals surface area contributed by atoms with Gasteiger partial charge in [0.15, 0.2) is 10.5 Å². The van der Waals surface area contributed by atoms with Gasteiger partial charge in [0.1, 0.15) is 5.03 Å². The second kappa shape index (κ2) is 7.70. The average molecular weight is 421 g/mol. The van der Waals surface area contributed by atoms with E-state index in [2.05, 4.69) is 15.0 Å². The fourth-order valence-corrected chi connectivity index (χ4v) is 5.58. The summed E-state index contributed by atoms with van der Waals surface area (Å²) >= 11 is 1.20. The first-order valence-electron chi connectivity index (χ1n) is 8.76. The molecule has 0 spiro atoms. The Labute approximate surface area is 167 Å². The minimum absolute atomic E-state index is 0.0188. The highest BCUT2D eigenvalue weighted by Crippen LogP contribution is 2.33. The van der Waals surface area contributed by atoms with Crippen LogP contribution in [0.4, 0.5) is 0 Å². The summed E-state index contributed by atoms with van der Waals surface area (Å²) < 4.78 is 33.1. The molecule has 4 rings (SSSR count). The molecule has 0 saturated carbocycles. The van der Waals surface area contributed by atoms with E-state index in [0.29, 0.717) is 30.5 Å². The van der Waals surface area contributed by atoms with Crippen LogP contribution in [0, 0.1) is 0 Å². The zero-order valence-corrected chi connectivity index (χ0v) is 16.9. The van der Waals surface area contributed by atoms with Crippen molar-refractivity contribution >= 4 is 27.2 Å². The summed E-state index contributed by atoms with van der Waals surface area (Å²) in [4.78, 5) is 6.89. The van der Waals surface area contributed by atoms with Gasteiger partial charge in [0, 0.05) is 25.7 Å². The maximum Gasteiger partial charge on any atom is 0.215 e. The third kappa shape index (κ3) is 3.48. The van der Waals surface area contributed by atoms with Crippen LogP contribution in [0.25, 0.3) is 5.65 Å². The molecule has 1 fully saturated rings. The van der Waals surface area contributed by atoms with E-state index in [1.807, 2.05) is 0 Å². The summed E-state index contributed by atoms with van der Waals surface area (Å²) in [5.74, 6) is -0.141. The highest BCUT2D eigenvalue weighted by Gasteiger charge is 2.29. The van der Waals surface area contributed by atoms with Gasteiger partial charge in [-0.2, -0.15) is 9.61 Å². The topological polar surface area (TPSA) is 97.0 Å². The molecule has 8 nitrogen and oxygen atoms in total. The number of ether oxygens (including phenoxy) is 1. The molecule has 0 radical (unpaired) electrons. The lowest BCUT2D eigenvalue weighted by Gasteiger charge is -2.26. The van der Waals surface area contributed by atoms with Crippen LogP contribution < -0.4 is 0 Å². The molecule has 28 heavy (non-hydrogen) atoms. The number of aromatic nitrogens is 3. The first-order chi connectivity index (χ1) is 13.5. The molecule has 0 bridgehead atoms. The van der Waals surface area contributed by atoms with Gasteiger partial charge in [0.25, 0.3) is 0 Å². The van der Waals surface area contributed by atoms with Crippen molar-refractivity contribution in [2.24, 2.45) is 0 Å². The molecular weight excluding hydrogens is 400 g/mol. The lowest BCUT2D eigenvalue weighted by Crippen LogP contribution is -2.35. The molecule has 1 N–H and O–H groups in total. The Hall–Kier alpha value is -2.14. The van der Waals surface area contributed by atoms with Gasteiger partial charge in [-0.05, 0) is 18.4 Å². The van der Waals surface area contributed by atoms with Crippen LogP contribution in [-0.4, -0.2) is 65.6 Å². The molecule has 0 atom stereocenters. The smallest absolute Gasteiger partial charge is 0.215 e. The van der Waals surface area contributed by atoms with Crippen molar-refractivity contribution in [2.75, 3.05) is 32.6 Å². The molecule has 0 unspecified atom stereocenters. The number of fused-ring (bicyclic) bond motifs is 1. The van der Waals surface area contributed by atoms with Gasteiger partial charge < -0.3 is 9.84 Å². The van der Waals surface area contributed by atoms with E-state index in [9.17, 15) is 13.5 Å². The third-order valence-corrected chi connectivity index (χ3v) is 7.16. The lowest BCUT2D eigenvalue weighted by atomic mass is 10.3. The Kier molecular flexibility index (Phi) is 5.28. The first kappa shape index (κ1) is 19.2. The fourth-order valence-electron chi connectivity index (χ4n) is 3.17.